The smallest absolute Gasteiger partial charge is 0.0818 e. The molecule has 1 heterocycles. The molecular weight excluding hydrogens is 152 g/mol. The van der Waals surface area contributed by atoms with E-state index >= 15 is 0 Å². The Bertz CT molecular complexity index is 182. The highest BCUT2D eigenvalue weighted by atomic mass is 16.5. The molecule has 0 bridgehead atoms. The van der Waals surface area contributed by atoms with Crippen LogP contribution >= 0.6 is 0 Å². The Labute approximate surface area is 73.5 Å². The van der Waals surface area contributed by atoms with E-state index in [0.29, 0.717) is 6.10 Å². The number of rotatable bonds is 2. The molecule has 2 fully saturated rings. The fraction of sp³-hybridized carbons (Fsp3) is 0.800. The number of hydrogen-bond donors (Lipinski definition) is 0. The molecule has 2 aliphatic rings. The van der Waals surface area contributed by atoms with Gasteiger partial charge in [0.15, 0.2) is 0 Å². The van der Waals surface area contributed by atoms with E-state index in [9.17, 15) is 0 Å². The SMILES string of the molecule is CO/C=C1/CCOC(C2CC2)C1. The molecule has 2 rings (SSSR count). The summed E-state index contributed by atoms with van der Waals surface area (Å²) in [6.45, 7) is 0.885. The number of hydrogen-bond acceptors (Lipinski definition) is 2. The van der Waals surface area contributed by atoms with Gasteiger partial charge in [0.25, 0.3) is 0 Å². The lowest BCUT2D eigenvalue weighted by Crippen LogP contribution is -2.22. The van der Waals surface area contributed by atoms with Gasteiger partial charge < -0.3 is 9.47 Å². The van der Waals surface area contributed by atoms with Gasteiger partial charge in [-0.2, -0.15) is 0 Å². The van der Waals surface area contributed by atoms with Crippen molar-refractivity contribution in [3.05, 3.63) is 11.8 Å². The summed E-state index contributed by atoms with van der Waals surface area (Å²) in [5.41, 5.74) is 1.42. The molecule has 0 N–H and O–H groups in total. The number of methoxy groups -OCH3 is 1. The molecule has 0 aromatic rings. The van der Waals surface area contributed by atoms with Gasteiger partial charge in [-0.3, -0.25) is 0 Å². The van der Waals surface area contributed by atoms with Crippen LogP contribution in [0.15, 0.2) is 11.8 Å². The van der Waals surface area contributed by atoms with Gasteiger partial charge in [0.1, 0.15) is 0 Å². The highest BCUT2D eigenvalue weighted by Crippen LogP contribution is 2.39. The topological polar surface area (TPSA) is 18.5 Å². The van der Waals surface area contributed by atoms with Gasteiger partial charge in [-0.15, -0.1) is 0 Å². The van der Waals surface area contributed by atoms with Gasteiger partial charge in [-0.1, -0.05) is 0 Å². The van der Waals surface area contributed by atoms with Crippen molar-refractivity contribution >= 4 is 0 Å². The van der Waals surface area contributed by atoms with Gasteiger partial charge in [0.05, 0.1) is 26.1 Å². The van der Waals surface area contributed by atoms with Crippen LogP contribution in [0.5, 0.6) is 0 Å². The van der Waals surface area contributed by atoms with Gasteiger partial charge in [-0.05, 0) is 37.2 Å². The first-order valence-electron chi connectivity index (χ1n) is 4.72. The Morgan fingerprint density at radius 1 is 1.50 bits per heavy atom. The van der Waals surface area contributed by atoms with Crippen molar-refractivity contribution in [1.82, 2.24) is 0 Å². The first-order valence-corrected chi connectivity index (χ1v) is 4.72. The lowest BCUT2D eigenvalue weighted by atomic mass is 10.0. The third-order valence-corrected chi connectivity index (χ3v) is 2.65. The molecule has 0 radical (unpaired) electrons. The quantitative estimate of drug-likeness (QED) is 0.588. The van der Waals surface area contributed by atoms with Crippen LogP contribution in [0.25, 0.3) is 0 Å². The van der Waals surface area contributed by atoms with E-state index in [0.717, 1.165) is 25.4 Å². The van der Waals surface area contributed by atoms with E-state index in [1.807, 2.05) is 6.26 Å². The first-order chi connectivity index (χ1) is 5.90. The second-order valence-corrected chi connectivity index (χ2v) is 3.71. The fourth-order valence-electron chi connectivity index (χ4n) is 1.81. The Morgan fingerprint density at radius 3 is 3.00 bits per heavy atom. The summed E-state index contributed by atoms with van der Waals surface area (Å²) >= 11 is 0. The first kappa shape index (κ1) is 8.11. The van der Waals surface area contributed by atoms with E-state index < -0.39 is 0 Å². The molecule has 68 valence electrons. The van der Waals surface area contributed by atoms with E-state index in [2.05, 4.69) is 0 Å². The minimum Gasteiger partial charge on any atom is -0.504 e. The normalized spacial score (nSPS) is 33.8. The molecule has 12 heavy (non-hydrogen) atoms. The molecule has 2 nitrogen and oxygen atoms in total. The second-order valence-electron chi connectivity index (χ2n) is 3.71. The van der Waals surface area contributed by atoms with Crippen LogP contribution in [0.3, 0.4) is 0 Å². The molecular formula is C10H16O2. The molecule has 2 heteroatoms. The summed E-state index contributed by atoms with van der Waals surface area (Å²) in [4.78, 5) is 0. The lowest BCUT2D eigenvalue weighted by molar-refractivity contribution is 0.0202. The van der Waals surface area contributed by atoms with E-state index in [4.69, 9.17) is 9.47 Å². The zero-order valence-electron chi connectivity index (χ0n) is 7.58. The van der Waals surface area contributed by atoms with Gasteiger partial charge in [0.2, 0.25) is 0 Å². The van der Waals surface area contributed by atoms with E-state index in [1.165, 1.54) is 18.4 Å². The third-order valence-electron chi connectivity index (χ3n) is 2.65. The predicted molar refractivity (Wildman–Crippen MR) is 46.8 cm³/mol. The minimum atomic E-state index is 0.500. The Hall–Kier alpha value is -0.500. The highest BCUT2D eigenvalue weighted by molar-refractivity contribution is 5.05. The third kappa shape index (κ3) is 1.81. The summed E-state index contributed by atoms with van der Waals surface area (Å²) in [6.07, 6.45) is 7.27. The van der Waals surface area contributed by atoms with Crippen molar-refractivity contribution < 1.29 is 9.47 Å². The van der Waals surface area contributed by atoms with Gasteiger partial charge >= 0.3 is 0 Å². The average molecular weight is 168 g/mol. The van der Waals surface area contributed by atoms with Crippen LogP contribution in [0.2, 0.25) is 0 Å². The zero-order chi connectivity index (χ0) is 8.39. The van der Waals surface area contributed by atoms with Crippen molar-refractivity contribution in [2.24, 2.45) is 5.92 Å². The van der Waals surface area contributed by atoms with Crippen LogP contribution in [0.4, 0.5) is 0 Å². The molecule has 1 saturated heterocycles. The van der Waals surface area contributed by atoms with E-state index in [1.54, 1.807) is 7.11 Å². The summed E-state index contributed by atoms with van der Waals surface area (Å²) in [6, 6.07) is 0. The molecule has 0 aromatic heterocycles. The Morgan fingerprint density at radius 2 is 2.33 bits per heavy atom. The molecule has 0 spiro atoms. The highest BCUT2D eigenvalue weighted by Gasteiger charge is 2.34. The van der Waals surface area contributed by atoms with Crippen molar-refractivity contribution in [3.63, 3.8) is 0 Å². The molecule has 0 amide bonds. The summed E-state index contributed by atoms with van der Waals surface area (Å²) in [7, 11) is 1.72. The second kappa shape index (κ2) is 3.48. The molecule has 1 aliphatic carbocycles. The maximum absolute atomic E-state index is 5.68. The van der Waals surface area contributed by atoms with Crippen molar-refractivity contribution in [1.29, 1.82) is 0 Å². The molecule has 1 saturated carbocycles. The monoisotopic (exact) mass is 168 g/mol. The van der Waals surface area contributed by atoms with Crippen molar-refractivity contribution in [2.75, 3.05) is 13.7 Å². The molecule has 1 aliphatic heterocycles. The zero-order valence-corrected chi connectivity index (χ0v) is 7.58. The molecule has 1 atom stereocenters. The lowest BCUT2D eigenvalue weighted by Gasteiger charge is -2.24. The fourth-order valence-corrected chi connectivity index (χ4v) is 1.81. The Kier molecular flexibility index (Phi) is 2.35. The predicted octanol–water partition coefficient (Wildman–Crippen LogP) is 2.11. The van der Waals surface area contributed by atoms with Crippen LogP contribution in [0.1, 0.15) is 25.7 Å². The van der Waals surface area contributed by atoms with Crippen molar-refractivity contribution in [3.8, 4) is 0 Å². The molecule has 1 unspecified atom stereocenters. The Balaban J connectivity index is 1.89. The maximum Gasteiger partial charge on any atom is 0.0818 e. The van der Waals surface area contributed by atoms with Gasteiger partial charge in [-0.25, -0.2) is 0 Å². The number of ether oxygens (including phenoxy) is 2. The summed E-state index contributed by atoms with van der Waals surface area (Å²) in [5, 5.41) is 0. The average Bonchev–Trinajstić information content (AvgIpc) is 2.88. The van der Waals surface area contributed by atoms with Crippen LogP contribution < -0.4 is 0 Å². The van der Waals surface area contributed by atoms with Gasteiger partial charge in [0, 0.05) is 0 Å². The maximum atomic E-state index is 5.68. The van der Waals surface area contributed by atoms with Crippen LogP contribution in [-0.2, 0) is 9.47 Å². The molecule has 0 aromatic carbocycles. The standard InChI is InChI=1S/C10H16O2/c1-11-7-8-4-5-12-10(6-8)9-2-3-9/h7,9-10H,2-6H2,1H3/b8-7-. The minimum absolute atomic E-state index is 0.500. The van der Waals surface area contributed by atoms with Crippen LogP contribution in [0, 0.1) is 5.92 Å². The van der Waals surface area contributed by atoms with Crippen LogP contribution in [-0.4, -0.2) is 19.8 Å². The summed E-state index contributed by atoms with van der Waals surface area (Å²) in [5.74, 6) is 0.852. The largest absolute Gasteiger partial charge is 0.504 e. The summed E-state index contributed by atoms with van der Waals surface area (Å²) < 4.78 is 10.7. The van der Waals surface area contributed by atoms with E-state index in [-0.39, 0.29) is 0 Å². The van der Waals surface area contributed by atoms with Crippen molar-refractivity contribution in [2.45, 2.75) is 31.8 Å².